The minimum Gasteiger partial charge on any atom is -0.207 e. The normalized spacial score (nSPS) is 18.2. The van der Waals surface area contributed by atoms with Crippen molar-refractivity contribution in [3.8, 4) is 0 Å². The van der Waals surface area contributed by atoms with Crippen LogP contribution in [0.25, 0.3) is 0 Å². The molecule has 0 spiro atoms. The zero-order valence-electron chi connectivity index (χ0n) is 7.89. The Balaban J connectivity index is 2.36. The van der Waals surface area contributed by atoms with Gasteiger partial charge in [-0.1, -0.05) is 17.7 Å². The second-order valence-corrected chi connectivity index (χ2v) is 6.62. The Morgan fingerprint density at radius 2 is 2.20 bits per heavy atom. The number of benzene rings is 1. The molecule has 1 aliphatic heterocycles. The van der Waals surface area contributed by atoms with Crippen LogP contribution in [0.4, 0.5) is 0 Å². The summed E-state index contributed by atoms with van der Waals surface area (Å²) in [5.41, 5.74) is 0. The first-order chi connectivity index (χ1) is 7.10. The molecule has 3 nitrogen and oxygen atoms in total. The molecule has 0 radical (unpaired) electrons. The van der Waals surface area contributed by atoms with Crippen molar-refractivity contribution in [1.29, 1.82) is 0 Å². The first-order valence-corrected chi connectivity index (χ1v) is 7.41. The topological polar surface area (TPSA) is 37.4 Å². The molecule has 0 unspecified atom stereocenters. The highest BCUT2D eigenvalue weighted by Gasteiger charge is 2.27. The molecule has 15 heavy (non-hydrogen) atoms. The highest BCUT2D eigenvalue weighted by molar-refractivity contribution is 8.00. The average molecular weight is 264 g/mol. The van der Waals surface area contributed by atoms with Crippen LogP contribution in [0.2, 0.25) is 5.02 Å². The van der Waals surface area contributed by atoms with E-state index in [0.29, 0.717) is 17.4 Å². The summed E-state index contributed by atoms with van der Waals surface area (Å²) in [5, 5.41) is 0.447. The van der Waals surface area contributed by atoms with Crippen molar-refractivity contribution in [2.45, 2.75) is 4.90 Å². The van der Waals surface area contributed by atoms with E-state index in [1.807, 2.05) is 0 Å². The Morgan fingerprint density at radius 1 is 1.40 bits per heavy atom. The van der Waals surface area contributed by atoms with Crippen LogP contribution in [0.3, 0.4) is 0 Å². The maximum atomic E-state index is 12.0. The van der Waals surface area contributed by atoms with Crippen molar-refractivity contribution in [2.24, 2.45) is 0 Å². The van der Waals surface area contributed by atoms with E-state index in [-0.39, 0.29) is 4.90 Å². The molecule has 2 rings (SSSR count). The highest BCUT2D eigenvalue weighted by atomic mass is 35.5. The van der Waals surface area contributed by atoms with E-state index in [1.54, 1.807) is 30.0 Å². The minimum atomic E-state index is -3.33. The van der Waals surface area contributed by atoms with Crippen molar-refractivity contribution in [3.05, 3.63) is 29.3 Å². The van der Waals surface area contributed by atoms with E-state index in [1.165, 1.54) is 10.4 Å². The molecule has 0 saturated carbocycles. The molecule has 1 aromatic rings. The molecule has 0 bridgehead atoms. The van der Waals surface area contributed by atoms with Crippen LogP contribution in [0.1, 0.15) is 0 Å². The van der Waals surface area contributed by atoms with Gasteiger partial charge in [-0.25, -0.2) is 8.42 Å². The molecule has 1 saturated heterocycles. The van der Waals surface area contributed by atoms with Crippen molar-refractivity contribution in [1.82, 2.24) is 4.31 Å². The van der Waals surface area contributed by atoms with E-state index < -0.39 is 10.0 Å². The molecule has 0 aliphatic carbocycles. The predicted molar refractivity (Wildman–Crippen MR) is 62.7 cm³/mol. The van der Waals surface area contributed by atoms with Gasteiger partial charge in [-0.2, -0.15) is 4.31 Å². The highest BCUT2D eigenvalue weighted by Crippen LogP contribution is 2.24. The summed E-state index contributed by atoms with van der Waals surface area (Å²) in [6.45, 7) is 0.583. The number of hydrogen-bond acceptors (Lipinski definition) is 3. The molecule has 1 aliphatic rings. The third kappa shape index (κ3) is 2.30. The van der Waals surface area contributed by atoms with Crippen LogP contribution in [-0.2, 0) is 10.0 Å². The monoisotopic (exact) mass is 263 g/mol. The summed E-state index contributed by atoms with van der Waals surface area (Å²) in [6.07, 6.45) is 0. The van der Waals surface area contributed by atoms with Gasteiger partial charge in [-0.15, -0.1) is 11.8 Å². The van der Waals surface area contributed by atoms with Crippen LogP contribution < -0.4 is 0 Å². The quantitative estimate of drug-likeness (QED) is 0.819. The Bertz CT molecular complexity index is 455. The van der Waals surface area contributed by atoms with Gasteiger partial charge >= 0.3 is 0 Å². The van der Waals surface area contributed by atoms with E-state index in [9.17, 15) is 8.42 Å². The van der Waals surface area contributed by atoms with Gasteiger partial charge in [0.15, 0.2) is 0 Å². The number of halogens is 1. The summed E-state index contributed by atoms with van der Waals surface area (Å²) < 4.78 is 25.6. The van der Waals surface area contributed by atoms with Gasteiger partial charge in [-0.3, -0.25) is 0 Å². The fourth-order valence-corrected chi connectivity index (χ4v) is 4.48. The third-order valence-electron chi connectivity index (χ3n) is 2.15. The van der Waals surface area contributed by atoms with Gasteiger partial charge in [0, 0.05) is 17.3 Å². The van der Waals surface area contributed by atoms with Gasteiger partial charge < -0.3 is 0 Å². The van der Waals surface area contributed by atoms with Gasteiger partial charge in [0.25, 0.3) is 0 Å². The van der Waals surface area contributed by atoms with E-state index >= 15 is 0 Å². The smallest absolute Gasteiger partial charge is 0.207 e. The van der Waals surface area contributed by atoms with E-state index in [2.05, 4.69) is 0 Å². The average Bonchev–Trinajstić information content (AvgIpc) is 2.71. The number of thioether (sulfide) groups is 1. The minimum absolute atomic E-state index is 0.275. The maximum absolute atomic E-state index is 12.0. The van der Waals surface area contributed by atoms with Gasteiger partial charge in [0.05, 0.1) is 10.8 Å². The molecule has 1 heterocycles. The number of hydrogen-bond donors (Lipinski definition) is 0. The first-order valence-electron chi connectivity index (χ1n) is 4.44. The fourth-order valence-electron chi connectivity index (χ4n) is 1.36. The van der Waals surface area contributed by atoms with Crippen molar-refractivity contribution >= 4 is 33.4 Å². The molecule has 0 amide bonds. The van der Waals surface area contributed by atoms with Gasteiger partial charge in [0.2, 0.25) is 10.0 Å². The fraction of sp³-hybridized carbons (Fsp3) is 0.333. The second kappa shape index (κ2) is 4.33. The Morgan fingerprint density at radius 3 is 2.80 bits per heavy atom. The molecule has 1 aromatic carbocycles. The van der Waals surface area contributed by atoms with Crippen LogP contribution in [0.15, 0.2) is 29.2 Å². The van der Waals surface area contributed by atoms with Crippen molar-refractivity contribution in [2.75, 3.05) is 18.2 Å². The lowest BCUT2D eigenvalue weighted by atomic mass is 10.4. The van der Waals surface area contributed by atoms with E-state index in [4.69, 9.17) is 11.6 Å². The van der Waals surface area contributed by atoms with Gasteiger partial charge in [0.1, 0.15) is 0 Å². The molecule has 0 N–H and O–H groups in total. The maximum Gasteiger partial charge on any atom is 0.243 e. The molecule has 6 heteroatoms. The van der Waals surface area contributed by atoms with E-state index in [0.717, 1.165) is 5.75 Å². The number of sulfonamides is 1. The summed E-state index contributed by atoms with van der Waals surface area (Å²) in [6, 6.07) is 6.38. The standard InChI is InChI=1S/C9H10ClNO2S2/c10-8-2-1-3-9(6-8)15(12,13)11-4-5-14-7-11/h1-3,6H,4-5,7H2. The molecule has 1 fully saturated rings. The zero-order chi connectivity index (χ0) is 10.9. The lowest BCUT2D eigenvalue weighted by molar-refractivity contribution is 0.489. The molecule has 82 valence electrons. The van der Waals surface area contributed by atoms with Crippen molar-refractivity contribution in [3.63, 3.8) is 0 Å². The number of rotatable bonds is 2. The molecule has 0 atom stereocenters. The first kappa shape index (κ1) is 11.3. The van der Waals surface area contributed by atoms with Crippen molar-refractivity contribution < 1.29 is 8.42 Å². The van der Waals surface area contributed by atoms with Crippen LogP contribution >= 0.6 is 23.4 Å². The lowest BCUT2D eigenvalue weighted by Gasteiger charge is -2.14. The summed E-state index contributed by atoms with van der Waals surface area (Å²) in [4.78, 5) is 0.275. The SMILES string of the molecule is O=S(=O)(c1cccc(Cl)c1)N1CCSC1. The second-order valence-electron chi connectivity index (χ2n) is 3.18. The Hall–Kier alpha value is -0.230. The third-order valence-corrected chi connectivity index (χ3v) is 5.36. The Kier molecular flexibility index (Phi) is 3.25. The largest absolute Gasteiger partial charge is 0.243 e. The lowest BCUT2D eigenvalue weighted by Crippen LogP contribution is -2.27. The molecular formula is C9H10ClNO2S2. The predicted octanol–water partition coefficient (Wildman–Crippen LogP) is 2.04. The summed E-state index contributed by atoms with van der Waals surface area (Å²) in [5.74, 6) is 1.40. The van der Waals surface area contributed by atoms with Crippen LogP contribution in [0, 0.1) is 0 Å². The van der Waals surface area contributed by atoms with Gasteiger partial charge in [-0.05, 0) is 18.2 Å². The zero-order valence-corrected chi connectivity index (χ0v) is 10.3. The Labute approximate surface area is 98.5 Å². The van der Waals surface area contributed by atoms with Crippen LogP contribution in [-0.4, -0.2) is 30.9 Å². The molecule has 0 aromatic heterocycles. The summed E-state index contributed by atoms with van der Waals surface area (Å²) in [7, 11) is -3.33. The number of nitrogens with zero attached hydrogens (tertiary/aromatic N) is 1. The summed E-state index contributed by atoms with van der Waals surface area (Å²) >= 11 is 7.39. The van der Waals surface area contributed by atoms with Crippen LogP contribution in [0.5, 0.6) is 0 Å². The molecular weight excluding hydrogens is 254 g/mol.